The lowest BCUT2D eigenvalue weighted by Gasteiger charge is -2.01. The van der Waals surface area contributed by atoms with Crippen LogP contribution in [0.2, 0.25) is 0 Å². The number of hydrogen-bond acceptors (Lipinski definition) is 1. The fourth-order valence-corrected chi connectivity index (χ4v) is 2.27. The maximum Gasteiger partial charge on any atom is 0.130 e. The molecule has 0 aliphatic rings. The predicted molar refractivity (Wildman–Crippen MR) is 85.5 cm³/mol. The van der Waals surface area contributed by atoms with E-state index in [1.165, 1.54) is 70.6 Å². The molecule has 0 heterocycles. The average Bonchev–Trinajstić information content (AvgIpc) is 2.39. The summed E-state index contributed by atoms with van der Waals surface area (Å²) in [5.41, 5.74) is 0. The highest BCUT2D eigenvalue weighted by molar-refractivity contribution is 5.75. The van der Waals surface area contributed by atoms with Crippen LogP contribution in [-0.4, -0.2) is 5.78 Å². The Morgan fingerprint density at radius 3 is 1.74 bits per heavy atom. The maximum absolute atomic E-state index is 10.7. The van der Waals surface area contributed by atoms with E-state index in [4.69, 9.17) is 0 Å². The van der Waals surface area contributed by atoms with Crippen LogP contribution in [0.15, 0.2) is 12.2 Å². The van der Waals surface area contributed by atoms with Crippen LogP contribution < -0.4 is 0 Å². The van der Waals surface area contributed by atoms with Gasteiger partial charge in [-0.3, -0.25) is 0 Å². The molecule has 0 amide bonds. The Labute approximate surface area is 120 Å². The van der Waals surface area contributed by atoms with Gasteiger partial charge < -0.3 is 4.79 Å². The quantitative estimate of drug-likeness (QED) is 0.269. The summed E-state index contributed by atoms with van der Waals surface area (Å²) < 4.78 is 0. The zero-order chi connectivity index (χ0) is 14.2. The van der Waals surface area contributed by atoms with Crippen LogP contribution in [0.3, 0.4) is 0 Å². The van der Waals surface area contributed by atoms with Crippen molar-refractivity contribution in [2.24, 2.45) is 0 Å². The van der Waals surface area contributed by atoms with Gasteiger partial charge in [-0.25, -0.2) is 0 Å². The van der Waals surface area contributed by atoms with Gasteiger partial charge in [0.1, 0.15) is 5.78 Å². The predicted octanol–water partition coefficient (Wildman–Crippen LogP) is 6.22. The number of allylic oxidation sites excluding steroid dienone is 2. The molecule has 0 spiro atoms. The monoisotopic (exact) mass is 266 g/mol. The van der Waals surface area contributed by atoms with E-state index in [1.54, 1.807) is 6.92 Å². The van der Waals surface area contributed by atoms with Gasteiger partial charge in [0.25, 0.3) is 0 Å². The number of Topliss-reactive ketones (excluding diaryl/α,β-unsaturated/α-hetero) is 1. The third-order valence-corrected chi connectivity index (χ3v) is 3.55. The van der Waals surface area contributed by atoms with Crippen molar-refractivity contribution in [1.82, 2.24) is 0 Å². The molecule has 0 atom stereocenters. The summed E-state index contributed by atoms with van der Waals surface area (Å²) in [4.78, 5) is 10.7. The summed E-state index contributed by atoms with van der Waals surface area (Å²) in [7, 11) is 0. The maximum atomic E-state index is 10.7. The van der Waals surface area contributed by atoms with Crippen molar-refractivity contribution in [2.75, 3.05) is 0 Å². The van der Waals surface area contributed by atoms with E-state index < -0.39 is 0 Å². The minimum atomic E-state index is 0.295. The summed E-state index contributed by atoms with van der Waals surface area (Å²) >= 11 is 0. The minimum absolute atomic E-state index is 0.295. The molecule has 0 bridgehead atoms. The van der Waals surface area contributed by atoms with Gasteiger partial charge in [0.15, 0.2) is 0 Å². The van der Waals surface area contributed by atoms with Gasteiger partial charge in [-0.2, -0.15) is 0 Å². The van der Waals surface area contributed by atoms with Crippen molar-refractivity contribution in [3.63, 3.8) is 0 Å². The smallest absolute Gasteiger partial charge is 0.130 e. The molecule has 0 aromatic carbocycles. The molecule has 19 heavy (non-hydrogen) atoms. The molecule has 0 unspecified atom stereocenters. The van der Waals surface area contributed by atoms with E-state index in [9.17, 15) is 4.79 Å². The van der Waals surface area contributed by atoms with Crippen molar-refractivity contribution in [3.8, 4) is 0 Å². The van der Waals surface area contributed by atoms with Crippen molar-refractivity contribution in [2.45, 2.75) is 97.3 Å². The molecule has 0 aromatic heterocycles. The molecule has 0 rings (SSSR count). The fraction of sp³-hybridized carbons (Fsp3) is 0.833. The van der Waals surface area contributed by atoms with E-state index in [0.717, 1.165) is 6.42 Å². The lowest BCUT2D eigenvalue weighted by molar-refractivity contribution is -0.116. The second kappa shape index (κ2) is 15.5. The van der Waals surface area contributed by atoms with Gasteiger partial charge in [0, 0.05) is 6.42 Å². The molecule has 112 valence electrons. The molecule has 0 fully saturated rings. The van der Waals surface area contributed by atoms with Crippen LogP contribution in [0.1, 0.15) is 97.3 Å². The molecule has 0 aliphatic carbocycles. The van der Waals surface area contributed by atoms with Crippen molar-refractivity contribution >= 4 is 5.78 Å². The van der Waals surface area contributed by atoms with Gasteiger partial charge in [-0.1, -0.05) is 76.9 Å². The van der Waals surface area contributed by atoms with Crippen molar-refractivity contribution in [1.29, 1.82) is 0 Å². The molecule has 0 saturated heterocycles. The third kappa shape index (κ3) is 17.4. The molecule has 0 saturated carbocycles. The Morgan fingerprint density at radius 1 is 0.737 bits per heavy atom. The van der Waals surface area contributed by atoms with Crippen LogP contribution in [-0.2, 0) is 4.79 Å². The second-order valence-corrected chi connectivity index (χ2v) is 5.68. The minimum Gasteiger partial charge on any atom is -0.300 e. The van der Waals surface area contributed by atoms with Gasteiger partial charge in [0.05, 0.1) is 0 Å². The Hall–Kier alpha value is -0.590. The molecule has 0 N–H and O–H groups in total. The first-order chi connectivity index (χ1) is 9.27. The Bertz CT molecular complexity index is 218. The van der Waals surface area contributed by atoms with Crippen LogP contribution >= 0.6 is 0 Å². The number of hydrogen-bond donors (Lipinski definition) is 0. The third-order valence-electron chi connectivity index (χ3n) is 3.55. The summed E-state index contributed by atoms with van der Waals surface area (Å²) in [5.74, 6) is 0.295. The van der Waals surface area contributed by atoms with E-state index in [1.807, 2.05) is 0 Å². The number of carbonyl (C=O) groups excluding carboxylic acids is 1. The second-order valence-electron chi connectivity index (χ2n) is 5.68. The SMILES string of the molecule is CCCCCCCCCCCCC=CCCC(C)=O. The van der Waals surface area contributed by atoms with Gasteiger partial charge in [-0.15, -0.1) is 0 Å². The van der Waals surface area contributed by atoms with E-state index in [-0.39, 0.29) is 0 Å². The molecule has 1 nitrogen and oxygen atoms in total. The first-order valence-electron chi connectivity index (χ1n) is 8.41. The number of unbranched alkanes of at least 4 members (excludes halogenated alkanes) is 10. The fourth-order valence-electron chi connectivity index (χ4n) is 2.27. The van der Waals surface area contributed by atoms with E-state index in [2.05, 4.69) is 19.1 Å². The van der Waals surface area contributed by atoms with Crippen LogP contribution in [0.4, 0.5) is 0 Å². The summed E-state index contributed by atoms with van der Waals surface area (Å²) in [6, 6.07) is 0. The number of ketones is 1. The Kier molecular flexibility index (Phi) is 15.0. The molecule has 1 heteroatoms. The van der Waals surface area contributed by atoms with E-state index in [0.29, 0.717) is 12.2 Å². The summed E-state index contributed by atoms with van der Waals surface area (Å²) in [6.07, 6.45) is 21.2. The molecule has 0 aliphatic heterocycles. The highest BCUT2D eigenvalue weighted by Crippen LogP contribution is 2.11. The standard InChI is InChI=1S/C18H34O/c1-3-4-5-6-7-8-9-10-11-12-13-14-15-16-17-18(2)19/h14-15H,3-13,16-17H2,1-2H3. The first-order valence-corrected chi connectivity index (χ1v) is 8.41. The summed E-state index contributed by atoms with van der Waals surface area (Å²) in [6.45, 7) is 3.94. The first kappa shape index (κ1) is 18.4. The van der Waals surface area contributed by atoms with Crippen LogP contribution in [0, 0.1) is 0 Å². The largest absolute Gasteiger partial charge is 0.300 e. The zero-order valence-electron chi connectivity index (χ0n) is 13.3. The van der Waals surface area contributed by atoms with E-state index >= 15 is 0 Å². The highest BCUT2D eigenvalue weighted by atomic mass is 16.1. The topological polar surface area (TPSA) is 17.1 Å². The summed E-state index contributed by atoms with van der Waals surface area (Å²) in [5, 5.41) is 0. The molecular formula is C18H34O. The number of carbonyl (C=O) groups is 1. The average molecular weight is 266 g/mol. The number of rotatable bonds is 14. The molecule has 0 aromatic rings. The van der Waals surface area contributed by atoms with Gasteiger partial charge >= 0.3 is 0 Å². The van der Waals surface area contributed by atoms with Crippen LogP contribution in [0.5, 0.6) is 0 Å². The van der Waals surface area contributed by atoms with Crippen molar-refractivity contribution in [3.05, 3.63) is 12.2 Å². The van der Waals surface area contributed by atoms with Gasteiger partial charge in [0.2, 0.25) is 0 Å². The zero-order valence-corrected chi connectivity index (χ0v) is 13.3. The lowest BCUT2D eigenvalue weighted by atomic mass is 10.1. The Balaban J connectivity index is 3.04. The Morgan fingerprint density at radius 2 is 1.21 bits per heavy atom. The highest BCUT2D eigenvalue weighted by Gasteiger charge is 1.92. The molecular weight excluding hydrogens is 232 g/mol. The normalized spacial score (nSPS) is 11.3. The lowest BCUT2D eigenvalue weighted by Crippen LogP contribution is -1.86. The molecule has 0 radical (unpaired) electrons. The van der Waals surface area contributed by atoms with Gasteiger partial charge in [-0.05, 0) is 26.2 Å². The van der Waals surface area contributed by atoms with Crippen molar-refractivity contribution < 1.29 is 4.79 Å². The van der Waals surface area contributed by atoms with Crippen LogP contribution in [0.25, 0.3) is 0 Å².